The molecule has 1 atom stereocenters. The van der Waals surface area contributed by atoms with Gasteiger partial charge in [-0.15, -0.1) is 0 Å². The Hall–Kier alpha value is -2.13. The second-order valence-electron chi connectivity index (χ2n) is 5.32. The summed E-state index contributed by atoms with van der Waals surface area (Å²) in [4.78, 5) is 4.76. The largest absolute Gasteiger partial charge is 0.328 e. The number of nitrogens with two attached hydrogens (primary N) is 1. The number of fused-ring (bicyclic) bond motifs is 1. The van der Waals surface area contributed by atoms with Crippen molar-refractivity contribution in [2.45, 2.75) is 32.4 Å². The summed E-state index contributed by atoms with van der Waals surface area (Å²) in [6.07, 6.45) is 1.81. The van der Waals surface area contributed by atoms with Gasteiger partial charge in [-0.2, -0.15) is 0 Å². The standard InChI is InChI=1S/C18H21N3/c1-2-21-17-11-7-6-10-16(17)20-18(21)13-12-15(19)14-8-4-3-5-9-14/h3-11,15H,2,12-13,19H2,1H3. The van der Waals surface area contributed by atoms with Gasteiger partial charge in [0.25, 0.3) is 0 Å². The molecule has 0 saturated heterocycles. The minimum atomic E-state index is 0.0660. The Balaban J connectivity index is 1.79. The summed E-state index contributed by atoms with van der Waals surface area (Å²) in [5.74, 6) is 1.13. The molecule has 0 aliphatic rings. The minimum Gasteiger partial charge on any atom is -0.328 e. The van der Waals surface area contributed by atoms with Gasteiger partial charge in [-0.1, -0.05) is 42.5 Å². The van der Waals surface area contributed by atoms with Gasteiger partial charge in [-0.05, 0) is 31.0 Å². The number of aromatic nitrogens is 2. The lowest BCUT2D eigenvalue weighted by molar-refractivity contribution is 0.609. The van der Waals surface area contributed by atoms with Gasteiger partial charge >= 0.3 is 0 Å². The first kappa shape index (κ1) is 13.8. The average Bonchev–Trinajstić information content (AvgIpc) is 2.91. The number of hydrogen-bond donors (Lipinski definition) is 1. The van der Waals surface area contributed by atoms with Crippen LogP contribution in [-0.4, -0.2) is 9.55 Å². The van der Waals surface area contributed by atoms with E-state index >= 15 is 0 Å². The molecule has 3 heteroatoms. The quantitative estimate of drug-likeness (QED) is 0.774. The van der Waals surface area contributed by atoms with Gasteiger partial charge in [-0.3, -0.25) is 0 Å². The first-order valence-electron chi connectivity index (χ1n) is 7.54. The van der Waals surface area contributed by atoms with E-state index in [4.69, 9.17) is 10.7 Å². The number of para-hydroxylation sites is 2. The molecule has 21 heavy (non-hydrogen) atoms. The lowest BCUT2D eigenvalue weighted by atomic mass is 10.0. The van der Waals surface area contributed by atoms with E-state index in [1.165, 1.54) is 11.1 Å². The molecule has 0 aliphatic carbocycles. The molecule has 1 heterocycles. The third-order valence-corrected chi connectivity index (χ3v) is 3.96. The van der Waals surface area contributed by atoms with E-state index in [0.717, 1.165) is 30.7 Å². The Morgan fingerprint density at radius 3 is 2.52 bits per heavy atom. The van der Waals surface area contributed by atoms with E-state index in [2.05, 4.69) is 41.8 Å². The maximum absolute atomic E-state index is 6.29. The Bertz CT molecular complexity index is 716. The molecule has 3 aromatic rings. The van der Waals surface area contributed by atoms with Crippen molar-refractivity contribution >= 4 is 11.0 Å². The number of hydrogen-bond acceptors (Lipinski definition) is 2. The molecule has 1 aromatic heterocycles. The summed E-state index contributed by atoms with van der Waals surface area (Å²) in [7, 11) is 0. The molecular weight excluding hydrogens is 258 g/mol. The Labute approximate surface area is 125 Å². The van der Waals surface area contributed by atoms with Gasteiger partial charge in [-0.25, -0.2) is 4.98 Å². The maximum atomic E-state index is 6.29. The van der Waals surface area contributed by atoms with Crippen molar-refractivity contribution < 1.29 is 0 Å². The Morgan fingerprint density at radius 2 is 1.76 bits per heavy atom. The molecule has 0 spiro atoms. The van der Waals surface area contributed by atoms with Crippen LogP contribution in [0.3, 0.4) is 0 Å². The molecule has 2 N–H and O–H groups in total. The van der Waals surface area contributed by atoms with Gasteiger partial charge < -0.3 is 10.3 Å². The molecule has 3 rings (SSSR count). The lowest BCUT2D eigenvalue weighted by Crippen LogP contribution is -2.13. The fraction of sp³-hybridized carbons (Fsp3) is 0.278. The predicted molar refractivity (Wildman–Crippen MR) is 87.1 cm³/mol. The van der Waals surface area contributed by atoms with Crippen molar-refractivity contribution in [3.8, 4) is 0 Å². The maximum Gasteiger partial charge on any atom is 0.109 e. The monoisotopic (exact) mass is 279 g/mol. The fourth-order valence-electron chi connectivity index (χ4n) is 2.82. The molecule has 2 aromatic carbocycles. The highest BCUT2D eigenvalue weighted by Crippen LogP contribution is 2.20. The van der Waals surface area contributed by atoms with E-state index in [1.54, 1.807) is 0 Å². The molecular formula is C18H21N3. The molecule has 3 nitrogen and oxygen atoms in total. The Morgan fingerprint density at radius 1 is 1.05 bits per heavy atom. The highest BCUT2D eigenvalue weighted by molar-refractivity contribution is 5.75. The zero-order valence-corrected chi connectivity index (χ0v) is 12.4. The van der Waals surface area contributed by atoms with E-state index < -0.39 is 0 Å². The molecule has 0 amide bonds. The predicted octanol–water partition coefficient (Wildman–Crippen LogP) is 3.69. The number of rotatable bonds is 5. The lowest BCUT2D eigenvalue weighted by Gasteiger charge is -2.12. The van der Waals surface area contributed by atoms with Crippen LogP contribution in [0.25, 0.3) is 11.0 Å². The van der Waals surface area contributed by atoms with Crippen LogP contribution < -0.4 is 5.73 Å². The molecule has 0 fully saturated rings. The normalized spacial score (nSPS) is 12.7. The zero-order chi connectivity index (χ0) is 14.7. The third-order valence-electron chi connectivity index (χ3n) is 3.96. The van der Waals surface area contributed by atoms with Crippen molar-refractivity contribution in [2.75, 3.05) is 0 Å². The zero-order valence-electron chi connectivity index (χ0n) is 12.4. The van der Waals surface area contributed by atoms with Crippen molar-refractivity contribution in [2.24, 2.45) is 5.73 Å². The third kappa shape index (κ3) is 2.83. The van der Waals surface area contributed by atoms with Crippen molar-refractivity contribution in [3.05, 3.63) is 66.0 Å². The molecule has 108 valence electrons. The van der Waals surface area contributed by atoms with Gasteiger partial charge in [0, 0.05) is 19.0 Å². The van der Waals surface area contributed by atoms with Crippen LogP contribution in [-0.2, 0) is 13.0 Å². The second kappa shape index (κ2) is 6.10. The molecule has 0 radical (unpaired) electrons. The van der Waals surface area contributed by atoms with Crippen molar-refractivity contribution in [1.82, 2.24) is 9.55 Å². The second-order valence-corrected chi connectivity index (χ2v) is 5.32. The van der Waals surface area contributed by atoms with Crippen LogP contribution in [0.15, 0.2) is 54.6 Å². The summed E-state index contributed by atoms with van der Waals surface area (Å²) in [6.45, 7) is 3.10. The highest BCUT2D eigenvalue weighted by Gasteiger charge is 2.11. The van der Waals surface area contributed by atoms with Crippen LogP contribution in [0, 0.1) is 0 Å². The average molecular weight is 279 g/mol. The SMILES string of the molecule is CCn1c(CCC(N)c2ccccc2)nc2ccccc21. The Kier molecular flexibility index (Phi) is 4.02. The summed E-state index contributed by atoms with van der Waals surface area (Å²) < 4.78 is 2.28. The number of nitrogens with zero attached hydrogens (tertiary/aromatic N) is 2. The first-order chi connectivity index (χ1) is 10.3. The highest BCUT2D eigenvalue weighted by atomic mass is 15.1. The van der Waals surface area contributed by atoms with Gasteiger partial charge in [0.15, 0.2) is 0 Å². The topological polar surface area (TPSA) is 43.8 Å². The van der Waals surface area contributed by atoms with Crippen molar-refractivity contribution in [1.29, 1.82) is 0 Å². The first-order valence-corrected chi connectivity index (χ1v) is 7.54. The van der Waals surface area contributed by atoms with E-state index in [9.17, 15) is 0 Å². The van der Waals surface area contributed by atoms with Crippen LogP contribution in [0.4, 0.5) is 0 Å². The van der Waals surface area contributed by atoms with Gasteiger partial charge in [0.1, 0.15) is 5.82 Å². The molecule has 0 bridgehead atoms. The van der Waals surface area contributed by atoms with Crippen molar-refractivity contribution in [3.63, 3.8) is 0 Å². The molecule has 0 saturated carbocycles. The summed E-state index contributed by atoms with van der Waals surface area (Å²) >= 11 is 0. The summed E-state index contributed by atoms with van der Waals surface area (Å²) in [5.41, 5.74) is 9.77. The van der Waals surface area contributed by atoms with E-state index in [0.29, 0.717) is 0 Å². The number of imidazole rings is 1. The smallest absolute Gasteiger partial charge is 0.109 e. The molecule has 0 aliphatic heterocycles. The van der Waals surface area contributed by atoms with Crippen LogP contribution in [0.2, 0.25) is 0 Å². The van der Waals surface area contributed by atoms with Gasteiger partial charge in [0.2, 0.25) is 0 Å². The van der Waals surface area contributed by atoms with Crippen LogP contribution >= 0.6 is 0 Å². The van der Waals surface area contributed by atoms with Crippen LogP contribution in [0.5, 0.6) is 0 Å². The van der Waals surface area contributed by atoms with E-state index in [-0.39, 0.29) is 6.04 Å². The van der Waals surface area contributed by atoms with Crippen LogP contribution in [0.1, 0.15) is 30.8 Å². The minimum absolute atomic E-state index is 0.0660. The van der Waals surface area contributed by atoms with E-state index in [1.807, 2.05) is 24.3 Å². The fourth-order valence-corrected chi connectivity index (χ4v) is 2.82. The summed E-state index contributed by atoms with van der Waals surface area (Å²) in [5, 5.41) is 0. The molecule has 1 unspecified atom stereocenters. The number of aryl methyl sites for hydroxylation is 2. The van der Waals surface area contributed by atoms with Gasteiger partial charge in [0.05, 0.1) is 11.0 Å². The number of benzene rings is 2. The summed E-state index contributed by atoms with van der Waals surface area (Å²) in [6, 6.07) is 18.6.